The van der Waals surface area contributed by atoms with E-state index in [4.69, 9.17) is 11.7 Å². The Morgan fingerprint density at radius 2 is 1.82 bits per heavy atom. The fraction of sp³-hybridized carbons (Fsp3) is 0.167. The minimum atomic E-state index is -5.30. The van der Waals surface area contributed by atoms with Gasteiger partial charge in [-0.2, -0.15) is 21.6 Å². The van der Waals surface area contributed by atoms with Crippen molar-refractivity contribution in [3.63, 3.8) is 0 Å². The first-order chi connectivity index (χ1) is 15.1. The summed E-state index contributed by atoms with van der Waals surface area (Å²) in [5.74, 6) is -4.06. The van der Waals surface area contributed by atoms with Gasteiger partial charge in [0.15, 0.2) is 8.90 Å². The molecule has 0 bridgehead atoms. The monoisotopic (exact) mass is 418 g/mol. The Labute approximate surface area is 165 Å². The molecule has 1 heterocycles. The number of hydrogen-bond acceptors (Lipinski definition) is 6. The van der Waals surface area contributed by atoms with Gasteiger partial charge in [0.05, 0.1) is 9.68 Å². The molecule has 0 saturated heterocycles. The average molecular weight is 418 g/mol. The van der Waals surface area contributed by atoms with Crippen LogP contribution >= 0.6 is 0 Å². The van der Waals surface area contributed by atoms with Crippen LogP contribution in [0.1, 0.15) is 26.9 Å². The van der Waals surface area contributed by atoms with Gasteiger partial charge in [0.2, 0.25) is 17.4 Å². The van der Waals surface area contributed by atoms with Crippen molar-refractivity contribution in [2.24, 2.45) is 5.72 Å². The van der Waals surface area contributed by atoms with Crippen molar-refractivity contribution in [2.45, 2.75) is 18.0 Å². The zero-order valence-corrected chi connectivity index (χ0v) is 14.5. The molecule has 0 amide bonds. The Kier molecular flexibility index (Phi) is 3.61. The number of carbonyl (C=O) groups excluding carboxylic acids is 1. The third-order valence-corrected chi connectivity index (χ3v) is 4.36. The van der Waals surface area contributed by atoms with Crippen molar-refractivity contribution in [3.8, 4) is 0 Å². The number of alkyl halides is 3. The first-order valence-corrected chi connectivity index (χ1v) is 8.95. The van der Waals surface area contributed by atoms with Crippen LogP contribution in [0.5, 0.6) is 0 Å². The maximum Gasteiger partial charge on any atom is 0.416 e. The van der Waals surface area contributed by atoms with E-state index in [2.05, 4.69) is 4.18 Å². The lowest BCUT2D eigenvalue weighted by atomic mass is 10.0. The highest BCUT2D eigenvalue weighted by Gasteiger charge is 2.40. The van der Waals surface area contributed by atoms with Gasteiger partial charge >= 0.3 is 16.3 Å². The van der Waals surface area contributed by atoms with Crippen LogP contribution in [0.2, 0.25) is 2.82 Å². The van der Waals surface area contributed by atoms with Crippen molar-refractivity contribution in [1.29, 1.82) is 0 Å². The number of nitrogens with two attached hydrogens (primary N) is 1. The SMILES string of the molecule is [2H]N([2H])C1=C(OS(=O)(=O)C([2H])([2H])c2ccccc2)C(=O)[C@]([2H])(c2ccc(C(F)(F)F)cc2)O1. The first-order valence-electron chi connectivity index (χ1n) is 9.94. The van der Waals surface area contributed by atoms with Crippen LogP contribution in [0.25, 0.3) is 0 Å². The summed E-state index contributed by atoms with van der Waals surface area (Å²) < 4.78 is 112. The summed E-state index contributed by atoms with van der Waals surface area (Å²) in [6.07, 6.45) is -7.59. The Bertz CT molecular complexity index is 1200. The molecule has 0 aromatic heterocycles. The predicted octanol–water partition coefficient (Wildman–Crippen LogP) is 3.02. The van der Waals surface area contributed by atoms with Gasteiger partial charge in [-0.1, -0.05) is 42.5 Å². The molecule has 28 heavy (non-hydrogen) atoms. The van der Waals surface area contributed by atoms with Crippen LogP contribution in [0, 0.1) is 0 Å². The van der Waals surface area contributed by atoms with Gasteiger partial charge in [-0.15, -0.1) is 0 Å². The summed E-state index contributed by atoms with van der Waals surface area (Å²) in [5, 5.41) is 0. The van der Waals surface area contributed by atoms with Gasteiger partial charge in [-0.3, -0.25) is 4.79 Å². The summed E-state index contributed by atoms with van der Waals surface area (Å²) in [4.78, 5) is 12.9. The molecule has 1 aliphatic rings. The third kappa shape index (κ3) is 4.28. The summed E-state index contributed by atoms with van der Waals surface area (Å²) >= 11 is 0. The second-order valence-corrected chi connectivity index (χ2v) is 6.75. The predicted molar refractivity (Wildman–Crippen MR) is 91.6 cm³/mol. The fourth-order valence-electron chi connectivity index (χ4n) is 2.24. The van der Waals surface area contributed by atoms with E-state index in [0.717, 1.165) is 24.3 Å². The topological polar surface area (TPSA) is 95.7 Å². The molecule has 1 atom stereocenters. The third-order valence-electron chi connectivity index (χ3n) is 3.49. The quantitative estimate of drug-likeness (QED) is 0.725. The molecule has 2 aromatic rings. The lowest BCUT2D eigenvalue weighted by molar-refractivity contribution is -0.137. The molecule has 6 nitrogen and oxygen atoms in total. The molecule has 2 N–H and O–H groups in total. The summed E-state index contributed by atoms with van der Waals surface area (Å²) in [7, 11) is -5.30. The molecule has 1 aliphatic heterocycles. The number of rotatable bonds is 6. The van der Waals surface area contributed by atoms with Crippen molar-refractivity contribution in [2.75, 3.05) is 0 Å². The maximum atomic E-state index is 12.9. The highest BCUT2D eigenvalue weighted by Crippen LogP contribution is 2.35. The van der Waals surface area contributed by atoms with E-state index in [-0.39, 0.29) is 11.3 Å². The van der Waals surface area contributed by atoms with Gasteiger partial charge in [-0.05, 0) is 17.7 Å². The first kappa shape index (κ1) is 14.1. The Hall–Kier alpha value is -3.01. The van der Waals surface area contributed by atoms with Crippen molar-refractivity contribution >= 4 is 15.9 Å². The number of Topliss-reactive ketones (excluding diaryl/α,β-unsaturated/α-hetero) is 1. The Morgan fingerprint density at radius 1 is 1.18 bits per heavy atom. The number of hydrogen-bond donors (Lipinski definition) is 1. The molecule has 3 rings (SSSR count). The minimum absolute atomic E-state index is 0.355. The van der Waals surface area contributed by atoms with E-state index in [1.807, 2.05) is 0 Å². The Balaban J connectivity index is 2.00. The summed E-state index contributed by atoms with van der Waals surface area (Å²) in [6.45, 7) is 0. The van der Waals surface area contributed by atoms with Crippen LogP contribution in [-0.4, -0.2) is 14.2 Å². The van der Waals surface area contributed by atoms with Crippen LogP contribution < -0.4 is 5.72 Å². The zero-order chi connectivity index (χ0) is 24.8. The van der Waals surface area contributed by atoms with E-state index in [9.17, 15) is 26.4 Å². The van der Waals surface area contributed by atoms with Crippen LogP contribution in [0.15, 0.2) is 66.2 Å². The van der Waals surface area contributed by atoms with Crippen LogP contribution in [0.3, 0.4) is 0 Å². The molecule has 0 spiro atoms. The van der Waals surface area contributed by atoms with Crippen molar-refractivity contribution in [3.05, 3.63) is 82.9 Å². The maximum absolute atomic E-state index is 12.9. The summed E-state index contributed by atoms with van der Waals surface area (Å²) in [5.41, 5.74) is -5.48. The molecule has 0 radical (unpaired) electrons. The van der Waals surface area contributed by atoms with Crippen molar-refractivity contribution < 1.29 is 42.2 Å². The fourth-order valence-corrected chi connectivity index (χ4v) is 3.08. The highest BCUT2D eigenvalue weighted by molar-refractivity contribution is 7.86. The number of benzene rings is 2. The minimum Gasteiger partial charge on any atom is -0.460 e. The van der Waals surface area contributed by atoms with Crippen molar-refractivity contribution in [1.82, 2.24) is 0 Å². The molecule has 10 heteroatoms. The number of halogens is 3. The van der Waals surface area contributed by atoms with Gasteiger partial charge in [-0.25, -0.2) is 0 Å². The lowest BCUT2D eigenvalue weighted by Crippen LogP contribution is -2.16. The smallest absolute Gasteiger partial charge is 0.416 e. The molecule has 0 saturated carbocycles. The van der Waals surface area contributed by atoms with Gasteiger partial charge < -0.3 is 14.6 Å². The number of ether oxygens (including phenoxy) is 1. The zero-order valence-electron chi connectivity index (χ0n) is 18.7. The number of carbonyl (C=O) groups is 1. The molecule has 2 aromatic carbocycles. The summed E-state index contributed by atoms with van der Waals surface area (Å²) in [6, 6.07) is 9.09. The molecule has 0 unspecified atom stereocenters. The molecular weight excluding hydrogens is 399 g/mol. The van der Waals surface area contributed by atoms with Gasteiger partial charge in [0.25, 0.3) is 0 Å². The highest BCUT2D eigenvalue weighted by atomic mass is 32.2. The normalized spacial score (nSPS) is 23.1. The van der Waals surface area contributed by atoms with E-state index in [0.29, 0.717) is 12.1 Å². The molecular formula is C18H14F3NO5S. The van der Waals surface area contributed by atoms with Crippen LogP contribution in [-0.2, 0) is 35.7 Å². The average Bonchev–Trinajstić information content (AvgIpc) is 3.00. The number of ketones is 1. The molecule has 0 aliphatic carbocycles. The lowest BCUT2D eigenvalue weighted by Gasteiger charge is -2.12. The van der Waals surface area contributed by atoms with E-state index < -0.39 is 56.6 Å². The molecule has 0 fully saturated rings. The van der Waals surface area contributed by atoms with Crippen LogP contribution in [0.4, 0.5) is 13.2 Å². The molecule has 148 valence electrons. The van der Waals surface area contributed by atoms with Gasteiger partial charge in [0, 0.05) is 5.56 Å². The second kappa shape index (κ2) is 7.19. The van der Waals surface area contributed by atoms with E-state index in [1.165, 1.54) is 18.2 Å². The Morgan fingerprint density at radius 3 is 2.39 bits per heavy atom. The van der Waals surface area contributed by atoms with E-state index in [1.54, 1.807) is 0 Å². The standard InChI is InChI=1S/C18H14F3NO5S/c19-18(20,21)13-8-6-12(7-9-13)15-14(23)16(17(22)26-15)27-28(24,25)10-11-4-2-1-3-5-11/h1-9,15H,10,22H2/t15-/m0/s1/i10D2,15D/hD2. The van der Waals surface area contributed by atoms with E-state index >= 15 is 0 Å². The second-order valence-electron chi connectivity index (χ2n) is 5.48. The largest absolute Gasteiger partial charge is 0.460 e. The van der Waals surface area contributed by atoms with Gasteiger partial charge in [0.1, 0.15) is 5.70 Å².